The van der Waals surface area contributed by atoms with Gasteiger partial charge in [0, 0.05) is 39.7 Å². The van der Waals surface area contributed by atoms with Gasteiger partial charge in [-0.25, -0.2) is 0 Å². The number of hydrogen-bond donors (Lipinski definition) is 2. The normalized spacial score (nSPS) is 11.1. The van der Waals surface area contributed by atoms with Crippen molar-refractivity contribution in [2.24, 2.45) is 0 Å². The topological polar surface area (TPSA) is 27.8 Å². The van der Waals surface area contributed by atoms with E-state index in [1.54, 1.807) is 0 Å². The molecule has 0 amide bonds. The molecule has 0 unspecified atom stereocenters. The highest BCUT2D eigenvalue weighted by molar-refractivity contribution is 9.10. The van der Waals surface area contributed by atoms with Crippen LogP contribution >= 0.6 is 27.5 Å². The Morgan fingerprint density at radius 1 is 1.10 bits per heavy atom. The quantitative estimate of drug-likeness (QED) is 0.690. The summed E-state index contributed by atoms with van der Waals surface area (Å²) in [5.41, 5.74) is 3.60. The van der Waals surface area contributed by atoms with Crippen LogP contribution in [0.25, 0.3) is 10.9 Å². The van der Waals surface area contributed by atoms with E-state index in [0.29, 0.717) is 0 Å². The lowest BCUT2D eigenvalue weighted by Gasteiger charge is -2.05. The first-order valence-electron chi connectivity index (χ1n) is 6.43. The highest BCUT2D eigenvalue weighted by Gasteiger charge is 2.03. The van der Waals surface area contributed by atoms with Crippen molar-refractivity contribution in [3.05, 3.63) is 69.3 Å². The predicted octanol–water partition coefficient (Wildman–Crippen LogP) is 4.87. The summed E-state index contributed by atoms with van der Waals surface area (Å²) in [5.74, 6) is 0. The van der Waals surface area contributed by atoms with Gasteiger partial charge in [0.25, 0.3) is 0 Å². The van der Waals surface area contributed by atoms with Crippen LogP contribution in [0.2, 0.25) is 5.02 Å². The fourth-order valence-corrected chi connectivity index (χ4v) is 2.91. The van der Waals surface area contributed by atoms with E-state index in [-0.39, 0.29) is 0 Å². The van der Waals surface area contributed by atoms with E-state index in [1.807, 2.05) is 24.4 Å². The number of H-pyrrole nitrogens is 1. The van der Waals surface area contributed by atoms with Crippen LogP contribution in [0.15, 0.2) is 53.1 Å². The number of hydrogen-bond acceptors (Lipinski definition) is 1. The van der Waals surface area contributed by atoms with E-state index in [1.165, 1.54) is 16.5 Å². The summed E-state index contributed by atoms with van der Waals surface area (Å²) in [5, 5.41) is 5.44. The molecule has 0 aliphatic heterocycles. The summed E-state index contributed by atoms with van der Waals surface area (Å²) >= 11 is 9.47. The minimum atomic E-state index is 0.757. The molecule has 1 heterocycles. The summed E-state index contributed by atoms with van der Waals surface area (Å²) in [7, 11) is 0. The molecule has 0 aliphatic rings. The largest absolute Gasteiger partial charge is 0.361 e. The van der Waals surface area contributed by atoms with E-state index >= 15 is 0 Å². The number of fused-ring (bicyclic) bond motifs is 1. The maximum Gasteiger partial charge on any atom is 0.0472 e. The first-order chi connectivity index (χ1) is 9.72. The Bertz CT molecular complexity index is 736. The van der Waals surface area contributed by atoms with Crippen LogP contribution in [-0.2, 0) is 13.1 Å². The Morgan fingerprint density at radius 2 is 2.00 bits per heavy atom. The standard InChI is InChI=1S/C16H14BrClN2/c17-13-3-1-2-11(6-13)8-19-9-12-10-20-16-7-14(18)4-5-15(12)16/h1-7,10,19-20H,8-9H2. The molecule has 4 heteroatoms. The maximum absolute atomic E-state index is 5.99. The predicted molar refractivity (Wildman–Crippen MR) is 88.0 cm³/mol. The SMILES string of the molecule is Clc1ccc2c(CNCc3cccc(Br)c3)c[nH]c2c1. The number of aromatic amines is 1. The molecule has 0 aliphatic carbocycles. The Kier molecular flexibility index (Phi) is 4.10. The van der Waals surface area contributed by atoms with Gasteiger partial charge >= 0.3 is 0 Å². The maximum atomic E-state index is 5.99. The second-order valence-electron chi connectivity index (χ2n) is 4.74. The van der Waals surface area contributed by atoms with Crippen LogP contribution in [0.4, 0.5) is 0 Å². The lowest BCUT2D eigenvalue weighted by molar-refractivity contribution is 0.696. The average Bonchev–Trinajstić information content (AvgIpc) is 2.81. The third kappa shape index (κ3) is 3.06. The van der Waals surface area contributed by atoms with Crippen molar-refractivity contribution >= 4 is 38.4 Å². The van der Waals surface area contributed by atoms with Crippen LogP contribution in [0.3, 0.4) is 0 Å². The molecule has 0 radical (unpaired) electrons. The van der Waals surface area contributed by atoms with Gasteiger partial charge in [0.1, 0.15) is 0 Å². The Balaban J connectivity index is 1.68. The number of halogens is 2. The smallest absolute Gasteiger partial charge is 0.0472 e. The van der Waals surface area contributed by atoms with Gasteiger partial charge in [0.2, 0.25) is 0 Å². The molecule has 20 heavy (non-hydrogen) atoms. The minimum Gasteiger partial charge on any atom is -0.361 e. The summed E-state index contributed by atoms with van der Waals surface area (Å²) < 4.78 is 1.11. The molecule has 1 aromatic heterocycles. The van der Waals surface area contributed by atoms with E-state index in [0.717, 1.165) is 28.1 Å². The second kappa shape index (κ2) is 6.00. The van der Waals surface area contributed by atoms with Crippen LogP contribution in [0.1, 0.15) is 11.1 Å². The van der Waals surface area contributed by atoms with Crippen LogP contribution < -0.4 is 5.32 Å². The zero-order valence-electron chi connectivity index (χ0n) is 10.8. The molecular formula is C16H14BrClN2. The molecule has 0 bridgehead atoms. The zero-order valence-corrected chi connectivity index (χ0v) is 13.1. The molecule has 2 aromatic carbocycles. The fourth-order valence-electron chi connectivity index (χ4n) is 2.29. The van der Waals surface area contributed by atoms with Gasteiger partial charge in [-0.15, -0.1) is 0 Å². The van der Waals surface area contributed by atoms with E-state index < -0.39 is 0 Å². The van der Waals surface area contributed by atoms with Gasteiger partial charge < -0.3 is 10.3 Å². The highest BCUT2D eigenvalue weighted by Crippen LogP contribution is 2.22. The number of nitrogens with one attached hydrogen (secondary N) is 2. The van der Waals surface area contributed by atoms with Gasteiger partial charge in [0.15, 0.2) is 0 Å². The first kappa shape index (κ1) is 13.7. The second-order valence-corrected chi connectivity index (χ2v) is 6.09. The lowest BCUT2D eigenvalue weighted by atomic mass is 10.1. The average molecular weight is 350 g/mol. The van der Waals surface area contributed by atoms with E-state index in [9.17, 15) is 0 Å². The van der Waals surface area contributed by atoms with Crippen molar-refractivity contribution in [3.63, 3.8) is 0 Å². The summed E-state index contributed by atoms with van der Waals surface area (Å²) in [6, 6.07) is 14.3. The van der Waals surface area contributed by atoms with Gasteiger partial charge in [-0.3, -0.25) is 0 Å². The molecule has 0 atom stereocenters. The molecule has 2 nitrogen and oxygen atoms in total. The van der Waals surface area contributed by atoms with Crippen molar-refractivity contribution in [2.45, 2.75) is 13.1 Å². The van der Waals surface area contributed by atoms with Crippen molar-refractivity contribution < 1.29 is 0 Å². The molecule has 0 spiro atoms. The number of rotatable bonds is 4. The van der Waals surface area contributed by atoms with Crippen molar-refractivity contribution in [3.8, 4) is 0 Å². The first-order valence-corrected chi connectivity index (χ1v) is 7.60. The molecule has 102 valence electrons. The molecule has 3 aromatic rings. The molecule has 0 saturated carbocycles. The third-order valence-electron chi connectivity index (χ3n) is 3.26. The minimum absolute atomic E-state index is 0.757. The van der Waals surface area contributed by atoms with Crippen molar-refractivity contribution in [1.82, 2.24) is 10.3 Å². The molecule has 0 fully saturated rings. The summed E-state index contributed by atoms with van der Waals surface area (Å²) in [6.07, 6.45) is 2.04. The van der Waals surface area contributed by atoms with E-state index in [4.69, 9.17) is 11.6 Å². The number of aromatic nitrogens is 1. The summed E-state index contributed by atoms with van der Waals surface area (Å²) in [4.78, 5) is 3.25. The third-order valence-corrected chi connectivity index (χ3v) is 3.99. The van der Waals surface area contributed by atoms with Crippen molar-refractivity contribution in [1.29, 1.82) is 0 Å². The van der Waals surface area contributed by atoms with Crippen LogP contribution in [-0.4, -0.2) is 4.98 Å². The highest BCUT2D eigenvalue weighted by atomic mass is 79.9. The number of benzene rings is 2. The van der Waals surface area contributed by atoms with Gasteiger partial charge in [-0.05, 0) is 35.4 Å². The van der Waals surface area contributed by atoms with Crippen molar-refractivity contribution in [2.75, 3.05) is 0 Å². The van der Waals surface area contributed by atoms with Gasteiger partial charge in [0.05, 0.1) is 0 Å². The fraction of sp³-hybridized carbons (Fsp3) is 0.125. The Morgan fingerprint density at radius 3 is 2.85 bits per heavy atom. The van der Waals surface area contributed by atoms with Gasteiger partial charge in [-0.2, -0.15) is 0 Å². The molecule has 3 rings (SSSR count). The Labute approximate surface area is 131 Å². The lowest BCUT2D eigenvalue weighted by Crippen LogP contribution is -2.12. The molecule has 2 N–H and O–H groups in total. The van der Waals surface area contributed by atoms with Crippen LogP contribution in [0, 0.1) is 0 Å². The summed E-state index contributed by atoms with van der Waals surface area (Å²) in [6.45, 7) is 1.67. The monoisotopic (exact) mass is 348 g/mol. The van der Waals surface area contributed by atoms with E-state index in [2.05, 4.69) is 50.5 Å². The zero-order chi connectivity index (χ0) is 13.9. The molecular weight excluding hydrogens is 336 g/mol. The van der Waals surface area contributed by atoms with Crippen LogP contribution in [0.5, 0.6) is 0 Å². The van der Waals surface area contributed by atoms with Gasteiger partial charge in [-0.1, -0.05) is 45.7 Å². The molecule has 0 saturated heterocycles. The Hall–Kier alpha value is -1.29.